The summed E-state index contributed by atoms with van der Waals surface area (Å²) in [5, 5.41) is 10.3. The van der Waals surface area contributed by atoms with E-state index in [4.69, 9.17) is 0 Å². The zero-order valence-electron chi connectivity index (χ0n) is 10.8. The monoisotopic (exact) mass is 239 g/mol. The molecule has 0 aromatic heterocycles. The molecule has 2 aliphatic rings. The average Bonchev–Trinajstić information content (AvgIpc) is 2.51. The molecule has 1 unspecified atom stereocenters. The number of ether oxygens (including phenoxy) is 1. The third-order valence-corrected chi connectivity index (χ3v) is 3.90. The van der Waals surface area contributed by atoms with E-state index in [1.807, 2.05) is 0 Å². The number of hydrogen-bond donors (Lipinski definition) is 1. The highest BCUT2D eigenvalue weighted by molar-refractivity contribution is 5.71. The molecule has 0 radical (unpaired) electrons. The predicted molar refractivity (Wildman–Crippen MR) is 64.5 cm³/mol. The number of esters is 1. The summed E-state index contributed by atoms with van der Waals surface area (Å²) in [6.45, 7) is 6.10. The highest BCUT2D eigenvalue weighted by Gasteiger charge is 2.41. The quantitative estimate of drug-likeness (QED) is 0.576. The van der Waals surface area contributed by atoms with Gasteiger partial charge < -0.3 is 9.84 Å². The van der Waals surface area contributed by atoms with Gasteiger partial charge in [0.15, 0.2) is 0 Å². The second-order valence-electron chi connectivity index (χ2n) is 5.73. The number of aliphatic hydroxyl groups is 1. The average molecular weight is 239 g/mol. The molecule has 4 heteroatoms. The lowest BCUT2D eigenvalue weighted by Crippen LogP contribution is -2.38. The van der Waals surface area contributed by atoms with Gasteiger partial charge in [0.25, 0.3) is 0 Å². The second-order valence-corrected chi connectivity index (χ2v) is 5.73. The molecule has 4 nitrogen and oxygen atoms in total. The molecular formula is C13H21NO3. The molecule has 0 saturated carbocycles. The minimum atomic E-state index is -0.363. The fourth-order valence-electron chi connectivity index (χ4n) is 2.87. The number of hydrogen-bond acceptors (Lipinski definition) is 4. The minimum absolute atomic E-state index is 0.0497. The molecule has 1 aliphatic heterocycles. The zero-order chi connectivity index (χ0) is 12.6. The summed E-state index contributed by atoms with van der Waals surface area (Å²) in [6.07, 6.45) is 1.58. The number of aliphatic hydroxyl groups excluding tert-OH is 1. The van der Waals surface area contributed by atoms with Crippen molar-refractivity contribution < 1.29 is 14.6 Å². The van der Waals surface area contributed by atoms with Crippen LogP contribution in [0.1, 0.15) is 26.7 Å². The Hall–Kier alpha value is -0.870. The van der Waals surface area contributed by atoms with Gasteiger partial charge in [-0.1, -0.05) is 19.4 Å². The van der Waals surface area contributed by atoms with Gasteiger partial charge in [0.05, 0.1) is 19.8 Å². The lowest BCUT2D eigenvalue weighted by Gasteiger charge is -2.29. The summed E-state index contributed by atoms with van der Waals surface area (Å²) in [5.74, 6) is -0.208. The van der Waals surface area contributed by atoms with Gasteiger partial charge in [0, 0.05) is 13.1 Å². The highest BCUT2D eigenvalue weighted by atomic mass is 16.5. The van der Waals surface area contributed by atoms with Crippen LogP contribution in [0.4, 0.5) is 0 Å². The van der Waals surface area contributed by atoms with Gasteiger partial charge >= 0.3 is 5.97 Å². The molecule has 0 amide bonds. The molecule has 1 heterocycles. The maximum Gasteiger partial charge on any atom is 0.319 e. The van der Waals surface area contributed by atoms with E-state index in [0.717, 1.165) is 25.0 Å². The zero-order valence-corrected chi connectivity index (χ0v) is 10.8. The summed E-state index contributed by atoms with van der Waals surface area (Å²) in [5.41, 5.74) is 2.47. The van der Waals surface area contributed by atoms with Crippen LogP contribution in [0.25, 0.3) is 0 Å². The first kappa shape index (κ1) is 12.6. The Labute approximate surface area is 102 Å². The molecular weight excluding hydrogens is 218 g/mol. The number of rotatable bonds is 2. The van der Waals surface area contributed by atoms with Gasteiger partial charge in [-0.05, 0) is 23.8 Å². The van der Waals surface area contributed by atoms with E-state index in [0.29, 0.717) is 13.1 Å². The van der Waals surface area contributed by atoms with Gasteiger partial charge in [-0.2, -0.15) is 0 Å². The molecule has 0 spiro atoms. The summed E-state index contributed by atoms with van der Waals surface area (Å²) < 4.78 is 4.67. The smallest absolute Gasteiger partial charge is 0.319 e. The molecule has 1 aliphatic carbocycles. The molecule has 0 aromatic carbocycles. The van der Waals surface area contributed by atoms with E-state index < -0.39 is 0 Å². The Morgan fingerprint density at radius 3 is 2.94 bits per heavy atom. The molecule has 0 bridgehead atoms. The van der Waals surface area contributed by atoms with E-state index in [2.05, 4.69) is 23.5 Å². The van der Waals surface area contributed by atoms with E-state index in [-0.39, 0.29) is 17.5 Å². The van der Waals surface area contributed by atoms with E-state index in [1.54, 1.807) is 0 Å². The Kier molecular flexibility index (Phi) is 3.27. The molecule has 1 N–H and O–H groups in total. The Balaban J connectivity index is 2.03. The topological polar surface area (TPSA) is 49.8 Å². The van der Waals surface area contributed by atoms with Crippen LogP contribution in [0.5, 0.6) is 0 Å². The van der Waals surface area contributed by atoms with Crippen molar-refractivity contribution in [2.24, 2.45) is 5.41 Å². The largest absolute Gasteiger partial charge is 0.468 e. The fraction of sp³-hybridized carbons (Fsp3) is 0.769. The number of methoxy groups -OCH3 is 1. The summed E-state index contributed by atoms with van der Waals surface area (Å²) in [4.78, 5) is 13.3. The summed E-state index contributed by atoms with van der Waals surface area (Å²) in [7, 11) is 1.41. The van der Waals surface area contributed by atoms with Crippen molar-refractivity contribution in [1.29, 1.82) is 0 Å². The van der Waals surface area contributed by atoms with Gasteiger partial charge in [-0.15, -0.1) is 0 Å². The maximum atomic E-state index is 11.2. The minimum Gasteiger partial charge on any atom is -0.468 e. The lowest BCUT2D eigenvalue weighted by molar-refractivity contribution is -0.141. The SMILES string of the molecule is COC(=O)CN1CCC2=C(C1)C(O)C(C)(C)C2. The number of carbonyl (C=O) groups excluding carboxylic acids is 1. The van der Waals surface area contributed by atoms with Crippen LogP contribution in [-0.2, 0) is 9.53 Å². The van der Waals surface area contributed by atoms with Crippen molar-refractivity contribution in [3.8, 4) is 0 Å². The van der Waals surface area contributed by atoms with Crippen LogP contribution < -0.4 is 0 Å². The van der Waals surface area contributed by atoms with Crippen molar-refractivity contribution in [3.63, 3.8) is 0 Å². The first-order chi connectivity index (χ1) is 7.94. The molecule has 1 atom stereocenters. The molecule has 2 rings (SSSR count). The number of carbonyl (C=O) groups is 1. The molecule has 0 aromatic rings. The van der Waals surface area contributed by atoms with E-state index >= 15 is 0 Å². The van der Waals surface area contributed by atoms with Crippen molar-refractivity contribution in [2.75, 3.05) is 26.7 Å². The standard InChI is InChI=1S/C13H21NO3/c1-13(2)6-9-4-5-14(8-11(15)17-3)7-10(9)12(13)16/h12,16H,4-8H2,1-3H3. The van der Waals surface area contributed by atoms with Crippen LogP contribution in [0.3, 0.4) is 0 Å². The third-order valence-electron chi connectivity index (χ3n) is 3.90. The van der Waals surface area contributed by atoms with Crippen LogP contribution in [0.2, 0.25) is 0 Å². The lowest BCUT2D eigenvalue weighted by atomic mass is 9.86. The Morgan fingerprint density at radius 1 is 1.59 bits per heavy atom. The van der Waals surface area contributed by atoms with Crippen LogP contribution in [0, 0.1) is 5.41 Å². The highest BCUT2D eigenvalue weighted by Crippen LogP contribution is 2.44. The molecule has 0 saturated heterocycles. The van der Waals surface area contributed by atoms with E-state index in [1.165, 1.54) is 12.7 Å². The summed E-state index contributed by atoms with van der Waals surface area (Å²) >= 11 is 0. The first-order valence-electron chi connectivity index (χ1n) is 6.12. The normalized spacial score (nSPS) is 28.1. The van der Waals surface area contributed by atoms with Gasteiger partial charge in [0.2, 0.25) is 0 Å². The van der Waals surface area contributed by atoms with Crippen LogP contribution in [0.15, 0.2) is 11.1 Å². The van der Waals surface area contributed by atoms with Crippen molar-refractivity contribution in [1.82, 2.24) is 4.90 Å². The predicted octanol–water partition coefficient (Wildman–Crippen LogP) is 0.952. The summed E-state index contributed by atoms with van der Waals surface area (Å²) in [6, 6.07) is 0. The second kappa shape index (κ2) is 4.42. The van der Waals surface area contributed by atoms with Crippen LogP contribution in [-0.4, -0.2) is 48.8 Å². The maximum absolute atomic E-state index is 11.2. The van der Waals surface area contributed by atoms with Gasteiger partial charge in [-0.25, -0.2) is 0 Å². The van der Waals surface area contributed by atoms with Crippen LogP contribution >= 0.6 is 0 Å². The first-order valence-corrected chi connectivity index (χ1v) is 6.12. The van der Waals surface area contributed by atoms with Crippen molar-refractivity contribution in [3.05, 3.63) is 11.1 Å². The molecule has 96 valence electrons. The van der Waals surface area contributed by atoms with Gasteiger partial charge in [0.1, 0.15) is 0 Å². The van der Waals surface area contributed by atoms with Crippen molar-refractivity contribution in [2.45, 2.75) is 32.8 Å². The Morgan fingerprint density at radius 2 is 2.29 bits per heavy atom. The Bertz CT molecular complexity index is 360. The van der Waals surface area contributed by atoms with Gasteiger partial charge in [-0.3, -0.25) is 9.69 Å². The number of nitrogens with zero attached hydrogens (tertiary/aromatic N) is 1. The van der Waals surface area contributed by atoms with E-state index in [9.17, 15) is 9.90 Å². The van der Waals surface area contributed by atoms with Crippen molar-refractivity contribution >= 4 is 5.97 Å². The molecule has 17 heavy (non-hydrogen) atoms. The molecule has 0 fully saturated rings. The fourth-order valence-corrected chi connectivity index (χ4v) is 2.87. The third kappa shape index (κ3) is 2.38.